The number of nitrogens with zero attached hydrogens (tertiary/aromatic N) is 2. The van der Waals surface area contributed by atoms with Gasteiger partial charge in [0.05, 0.1) is 17.9 Å². The molecular formula is C20H27N3O4S2. The molecule has 0 aliphatic carbocycles. The van der Waals surface area contributed by atoms with Gasteiger partial charge in [-0.05, 0) is 36.2 Å². The number of carbonyl (C=O) groups is 1. The van der Waals surface area contributed by atoms with Crippen LogP contribution in [-0.4, -0.2) is 56.1 Å². The summed E-state index contributed by atoms with van der Waals surface area (Å²) in [5.41, 5.74) is 1.12. The number of sulfonamides is 1. The lowest BCUT2D eigenvalue weighted by atomic mass is 10.1. The maximum atomic E-state index is 12.5. The largest absolute Gasteiger partial charge is 0.497 e. The van der Waals surface area contributed by atoms with Crippen molar-refractivity contribution in [2.24, 2.45) is 0 Å². The van der Waals surface area contributed by atoms with Crippen LogP contribution in [0.2, 0.25) is 0 Å². The monoisotopic (exact) mass is 437 g/mol. The number of hydrogen-bond donors (Lipinski definition) is 1. The van der Waals surface area contributed by atoms with E-state index < -0.39 is 10.0 Å². The molecule has 9 heteroatoms. The number of amides is 1. The van der Waals surface area contributed by atoms with Gasteiger partial charge in [0.15, 0.2) is 0 Å². The fourth-order valence-corrected chi connectivity index (χ4v) is 4.72. The lowest BCUT2D eigenvalue weighted by Gasteiger charge is -2.18. The summed E-state index contributed by atoms with van der Waals surface area (Å²) in [4.78, 5) is 16.4. The molecule has 2 rings (SSSR count). The number of hydrogen-bond acceptors (Lipinski definition) is 6. The van der Waals surface area contributed by atoms with Crippen molar-refractivity contribution in [3.05, 3.63) is 48.2 Å². The first kappa shape index (κ1) is 23.2. The van der Waals surface area contributed by atoms with Crippen LogP contribution in [0.25, 0.3) is 0 Å². The molecule has 158 valence electrons. The van der Waals surface area contributed by atoms with Crippen LogP contribution < -0.4 is 10.1 Å². The number of carbonyl (C=O) groups excluding carboxylic acids is 1. The van der Waals surface area contributed by atoms with Crippen molar-refractivity contribution >= 4 is 27.7 Å². The second-order valence-corrected chi connectivity index (χ2v) is 9.09. The first-order valence-electron chi connectivity index (χ1n) is 9.39. The molecule has 0 saturated carbocycles. The predicted octanol–water partition coefficient (Wildman–Crippen LogP) is 2.57. The molecule has 1 aromatic heterocycles. The van der Waals surface area contributed by atoms with Gasteiger partial charge in [-0.25, -0.2) is 13.4 Å². The van der Waals surface area contributed by atoms with E-state index in [-0.39, 0.29) is 16.6 Å². The number of aromatic nitrogens is 1. The normalized spacial score (nSPS) is 11.4. The van der Waals surface area contributed by atoms with Crippen molar-refractivity contribution in [3.8, 4) is 5.75 Å². The lowest BCUT2D eigenvalue weighted by molar-refractivity contribution is -0.118. The van der Waals surface area contributed by atoms with E-state index in [9.17, 15) is 13.2 Å². The van der Waals surface area contributed by atoms with Gasteiger partial charge in [0.25, 0.3) is 0 Å². The Morgan fingerprint density at radius 2 is 1.83 bits per heavy atom. The minimum Gasteiger partial charge on any atom is -0.497 e. The van der Waals surface area contributed by atoms with E-state index >= 15 is 0 Å². The van der Waals surface area contributed by atoms with E-state index in [0.717, 1.165) is 17.7 Å². The van der Waals surface area contributed by atoms with E-state index in [4.69, 9.17) is 4.74 Å². The van der Waals surface area contributed by atoms with Crippen molar-refractivity contribution in [1.29, 1.82) is 0 Å². The third-order valence-corrected chi connectivity index (χ3v) is 7.28. The van der Waals surface area contributed by atoms with Gasteiger partial charge < -0.3 is 10.1 Å². The second-order valence-electron chi connectivity index (χ2n) is 6.16. The number of thioether (sulfide) groups is 1. The SMILES string of the molecule is CCN(CC)S(=O)(=O)c1ccc(SCC(=O)NCCc2ccc(OC)cc2)nc1. The summed E-state index contributed by atoms with van der Waals surface area (Å²) in [6.07, 6.45) is 2.08. The average molecular weight is 438 g/mol. The molecule has 0 bridgehead atoms. The Labute approximate surface area is 176 Å². The summed E-state index contributed by atoms with van der Waals surface area (Å²) in [5.74, 6) is 0.931. The molecule has 29 heavy (non-hydrogen) atoms. The van der Waals surface area contributed by atoms with Gasteiger partial charge in [-0.1, -0.05) is 37.7 Å². The third-order valence-electron chi connectivity index (χ3n) is 4.30. The molecule has 1 amide bonds. The number of pyridine rings is 1. The van der Waals surface area contributed by atoms with E-state index in [1.807, 2.05) is 24.3 Å². The van der Waals surface area contributed by atoms with Gasteiger partial charge in [0.1, 0.15) is 10.6 Å². The quantitative estimate of drug-likeness (QED) is 0.544. The van der Waals surface area contributed by atoms with Crippen molar-refractivity contribution in [1.82, 2.24) is 14.6 Å². The van der Waals surface area contributed by atoms with E-state index in [0.29, 0.717) is 24.7 Å². The summed E-state index contributed by atoms with van der Waals surface area (Å²) < 4.78 is 31.4. The molecule has 2 aromatic rings. The Morgan fingerprint density at radius 1 is 1.14 bits per heavy atom. The van der Waals surface area contributed by atoms with Crippen molar-refractivity contribution in [2.75, 3.05) is 32.5 Å². The zero-order valence-corrected chi connectivity index (χ0v) is 18.6. The van der Waals surface area contributed by atoms with Crippen LogP contribution in [0, 0.1) is 0 Å². The third kappa shape index (κ3) is 6.73. The van der Waals surface area contributed by atoms with Gasteiger partial charge in [-0.2, -0.15) is 4.31 Å². The van der Waals surface area contributed by atoms with Crippen LogP contribution >= 0.6 is 11.8 Å². The summed E-state index contributed by atoms with van der Waals surface area (Å²) >= 11 is 1.27. The molecule has 0 fully saturated rings. The Morgan fingerprint density at radius 3 is 2.38 bits per heavy atom. The van der Waals surface area contributed by atoms with Crippen LogP contribution in [-0.2, 0) is 21.2 Å². The highest BCUT2D eigenvalue weighted by atomic mass is 32.2. The average Bonchev–Trinajstić information content (AvgIpc) is 2.73. The molecule has 0 unspecified atom stereocenters. The van der Waals surface area contributed by atoms with Gasteiger partial charge in [0, 0.05) is 25.8 Å². The highest BCUT2D eigenvalue weighted by Crippen LogP contribution is 2.19. The fourth-order valence-electron chi connectivity index (χ4n) is 2.65. The first-order valence-corrected chi connectivity index (χ1v) is 11.8. The summed E-state index contributed by atoms with van der Waals surface area (Å²) in [5, 5.41) is 3.48. The highest BCUT2D eigenvalue weighted by molar-refractivity contribution is 7.99. The Kier molecular flexibility index (Phi) is 8.94. The number of nitrogens with one attached hydrogen (secondary N) is 1. The second kappa shape index (κ2) is 11.2. The number of methoxy groups -OCH3 is 1. The molecule has 7 nitrogen and oxygen atoms in total. The molecule has 1 N–H and O–H groups in total. The maximum absolute atomic E-state index is 12.5. The predicted molar refractivity (Wildman–Crippen MR) is 115 cm³/mol. The Hall–Kier alpha value is -2.10. The fraction of sp³-hybridized carbons (Fsp3) is 0.400. The highest BCUT2D eigenvalue weighted by Gasteiger charge is 2.21. The van der Waals surface area contributed by atoms with Gasteiger partial charge in [0.2, 0.25) is 15.9 Å². The standard InChI is InChI=1S/C20H27N3O4S2/c1-4-23(5-2)29(25,26)18-10-11-20(22-14-18)28-15-19(24)21-13-12-16-6-8-17(27-3)9-7-16/h6-11,14H,4-5,12-13,15H2,1-3H3,(H,21,24). The number of rotatable bonds is 11. The van der Waals surface area contributed by atoms with E-state index in [1.54, 1.807) is 27.0 Å². The minimum atomic E-state index is -3.52. The lowest BCUT2D eigenvalue weighted by Crippen LogP contribution is -2.30. The van der Waals surface area contributed by atoms with Crippen LogP contribution in [0.1, 0.15) is 19.4 Å². The molecule has 0 spiro atoms. The summed E-state index contributed by atoms with van der Waals surface area (Å²) in [6.45, 7) is 4.95. The molecule has 0 aliphatic heterocycles. The van der Waals surface area contributed by atoms with Crippen LogP contribution in [0.4, 0.5) is 0 Å². The van der Waals surface area contributed by atoms with Crippen LogP contribution in [0.3, 0.4) is 0 Å². The van der Waals surface area contributed by atoms with E-state index in [2.05, 4.69) is 10.3 Å². The van der Waals surface area contributed by atoms with Crippen molar-refractivity contribution < 1.29 is 17.9 Å². The Balaban J connectivity index is 1.79. The summed E-state index contributed by atoms with van der Waals surface area (Å²) in [6, 6.07) is 10.9. The van der Waals surface area contributed by atoms with E-state index in [1.165, 1.54) is 28.3 Å². The Bertz CT molecular complexity index is 881. The zero-order valence-electron chi connectivity index (χ0n) is 16.9. The molecule has 1 heterocycles. The zero-order chi connectivity index (χ0) is 21.3. The molecule has 0 saturated heterocycles. The summed E-state index contributed by atoms with van der Waals surface area (Å²) in [7, 11) is -1.89. The minimum absolute atomic E-state index is 0.0925. The van der Waals surface area contributed by atoms with Gasteiger partial charge in [-0.15, -0.1) is 0 Å². The molecule has 0 atom stereocenters. The van der Waals surface area contributed by atoms with Crippen molar-refractivity contribution in [2.45, 2.75) is 30.2 Å². The first-order chi connectivity index (χ1) is 13.9. The van der Waals surface area contributed by atoms with Crippen LogP contribution in [0.5, 0.6) is 5.75 Å². The molecule has 0 radical (unpaired) electrons. The molecule has 1 aromatic carbocycles. The maximum Gasteiger partial charge on any atom is 0.244 e. The van der Waals surface area contributed by atoms with Crippen molar-refractivity contribution in [3.63, 3.8) is 0 Å². The number of benzene rings is 1. The van der Waals surface area contributed by atoms with Gasteiger partial charge in [-0.3, -0.25) is 4.79 Å². The van der Waals surface area contributed by atoms with Gasteiger partial charge >= 0.3 is 0 Å². The van der Waals surface area contributed by atoms with Crippen LogP contribution in [0.15, 0.2) is 52.5 Å². The smallest absolute Gasteiger partial charge is 0.244 e. The number of ether oxygens (including phenoxy) is 1. The molecular weight excluding hydrogens is 410 g/mol. The molecule has 0 aliphatic rings. The topological polar surface area (TPSA) is 88.6 Å².